The molecule has 1 aliphatic heterocycles. The maximum absolute atomic E-state index is 11.7. The lowest BCUT2D eigenvalue weighted by Crippen LogP contribution is -2.37. The van der Waals surface area contributed by atoms with Crippen molar-refractivity contribution in [2.45, 2.75) is 18.9 Å². The topological polar surface area (TPSA) is 55.6 Å². The SMILES string of the molecule is COC(=O)[C@@H]1CCCN1c1nc2ccccc2o1. The van der Waals surface area contributed by atoms with Crippen LogP contribution in [0.2, 0.25) is 0 Å². The van der Waals surface area contributed by atoms with E-state index in [9.17, 15) is 4.79 Å². The minimum atomic E-state index is -0.275. The molecule has 0 radical (unpaired) electrons. The molecule has 5 heteroatoms. The lowest BCUT2D eigenvalue weighted by molar-refractivity contribution is -0.142. The second kappa shape index (κ2) is 4.33. The number of fused-ring (bicyclic) bond motifs is 1. The summed E-state index contributed by atoms with van der Waals surface area (Å²) in [7, 11) is 1.41. The Kier molecular flexibility index (Phi) is 2.66. The molecule has 18 heavy (non-hydrogen) atoms. The first-order chi connectivity index (χ1) is 8.79. The van der Waals surface area contributed by atoms with Gasteiger partial charge in [-0.15, -0.1) is 0 Å². The standard InChI is InChI=1S/C13H14N2O3/c1-17-12(16)10-6-4-8-15(10)13-14-9-5-2-3-7-11(9)18-13/h2-3,5,7,10H,4,6,8H2,1H3/t10-/m0/s1. The summed E-state index contributed by atoms with van der Waals surface area (Å²) in [6.07, 6.45) is 1.73. The first-order valence-electron chi connectivity index (χ1n) is 5.99. The van der Waals surface area contributed by atoms with Crippen molar-refractivity contribution in [1.29, 1.82) is 0 Å². The van der Waals surface area contributed by atoms with Crippen molar-refractivity contribution in [2.75, 3.05) is 18.6 Å². The fourth-order valence-corrected chi connectivity index (χ4v) is 2.36. The molecule has 1 atom stereocenters. The molecule has 1 aromatic heterocycles. The smallest absolute Gasteiger partial charge is 0.328 e. The molecule has 1 fully saturated rings. The molecular formula is C13H14N2O3. The number of methoxy groups -OCH3 is 1. The number of anilines is 1. The van der Waals surface area contributed by atoms with Crippen LogP contribution in [0.1, 0.15) is 12.8 Å². The van der Waals surface area contributed by atoms with Crippen LogP contribution in [0.3, 0.4) is 0 Å². The van der Waals surface area contributed by atoms with Crippen LogP contribution in [-0.4, -0.2) is 30.6 Å². The zero-order valence-corrected chi connectivity index (χ0v) is 10.1. The van der Waals surface area contributed by atoms with E-state index in [1.165, 1.54) is 7.11 Å². The van der Waals surface area contributed by atoms with E-state index in [0.29, 0.717) is 6.01 Å². The summed E-state index contributed by atoms with van der Waals surface area (Å²) in [4.78, 5) is 18.0. The Hall–Kier alpha value is -2.04. The third kappa shape index (κ3) is 1.72. The van der Waals surface area contributed by atoms with Crippen LogP contribution in [0.5, 0.6) is 0 Å². The largest absolute Gasteiger partial charge is 0.467 e. The van der Waals surface area contributed by atoms with Crippen LogP contribution in [0, 0.1) is 0 Å². The van der Waals surface area contributed by atoms with Gasteiger partial charge in [-0.3, -0.25) is 0 Å². The van der Waals surface area contributed by atoms with Crippen molar-refractivity contribution in [3.8, 4) is 0 Å². The highest BCUT2D eigenvalue weighted by molar-refractivity contribution is 5.81. The highest BCUT2D eigenvalue weighted by Gasteiger charge is 2.34. The van der Waals surface area contributed by atoms with E-state index < -0.39 is 0 Å². The Morgan fingerprint density at radius 3 is 3.11 bits per heavy atom. The summed E-state index contributed by atoms with van der Waals surface area (Å²) in [5.41, 5.74) is 1.55. The van der Waals surface area contributed by atoms with Crippen LogP contribution < -0.4 is 4.90 Å². The second-order valence-corrected chi connectivity index (χ2v) is 4.34. The minimum Gasteiger partial charge on any atom is -0.467 e. The molecule has 3 rings (SSSR count). The maximum atomic E-state index is 11.7. The Bertz CT molecular complexity index is 545. The van der Waals surface area contributed by atoms with Crippen molar-refractivity contribution in [2.24, 2.45) is 0 Å². The van der Waals surface area contributed by atoms with Crippen molar-refractivity contribution >= 4 is 23.1 Å². The second-order valence-electron chi connectivity index (χ2n) is 4.34. The summed E-state index contributed by atoms with van der Waals surface area (Å²) < 4.78 is 10.5. The van der Waals surface area contributed by atoms with Gasteiger partial charge in [-0.25, -0.2) is 4.79 Å². The Morgan fingerprint density at radius 1 is 1.50 bits per heavy atom. The number of rotatable bonds is 2. The summed E-state index contributed by atoms with van der Waals surface area (Å²) in [5, 5.41) is 0. The van der Waals surface area contributed by atoms with Crippen LogP contribution >= 0.6 is 0 Å². The van der Waals surface area contributed by atoms with Gasteiger partial charge in [-0.1, -0.05) is 12.1 Å². The molecule has 2 aromatic rings. The zero-order valence-electron chi connectivity index (χ0n) is 10.1. The lowest BCUT2D eigenvalue weighted by Gasteiger charge is -2.20. The number of aromatic nitrogens is 1. The fourth-order valence-electron chi connectivity index (χ4n) is 2.36. The normalized spacial score (nSPS) is 19.4. The number of nitrogens with zero attached hydrogens (tertiary/aromatic N) is 2. The van der Waals surface area contributed by atoms with E-state index in [2.05, 4.69) is 4.98 Å². The fraction of sp³-hybridized carbons (Fsp3) is 0.385. The van der Waals surface area contributed by atoms with Crippen LogP contribution in [0.15, 0.2) is 28.7 Å². The molecule has 1 aliphatic rings. The maximum Gasteiger partial charge on any atom is 0.328 e. The number of carbonyl (C=O) groups excluding carboxylic acids is 1. The lowest BCUT2D eigenvalue weighted by atomic mass is 10.2. The van der Waals surface area contributed by atoms with Gasteiger partial charge in [-0.2, -0.15) is 4.98 Å². The number of carbonyl (C=O) groups is 1. The van der Waals surface area contributed by atoms with Crippen LogP contribution in [-0.2, 0) is 9.53 Å². The molecule has 0 amide bonds. The van der Waals surface area contributed by atoms with Crippen LogP contribution in [0.4, 0.5) is 6.01 Å². The van der Waals surface area contributed by atoms with Gasteiger partial charge in [-0.05, 0) is 25.0 Å². The Labute approximate surface area is 104 Å². The Morgan fingerprint density at radius 2 is 2.33 bits per heavy atom. The molecule has 1 saturated heterocycles. The van der Waals surface area contributed by atoms with E-state index in [-0.39, 0.29) is 12.0 Å². The molecule has 94 valence electrons. The molecule has 0 saturated carbocycles. The van der Waals surface area contributed by atoms with Gasteiger partial charge < -0.3 is 14.1 Å². The molecule has 5 nitrogen and oxygen atoms in total. The van der Waals surface area contributed by atoms with Gasteiger partial charge in [0.05, 0.1) is 7.11 Å². The number of para-hydroxylation sites is 2. The molecular weight excluding hydrogens is 232 g/mol. The molecule has 2 heterocycles. The number of ether oxygens (including phenoxy) is 1. The first kappa shape index (κ1) is 11.1. The molecule has 0 aliphatic carbocycles. The summed E-state index contributed by atoms with van der Waals surface area (Å²) >= 11 is 0. The highest BCUT2D eigenvalue weighted by Crippen LogP contribution is 2.28. The van der Waals surface area contributed by atoms with Crippen molar-refractivity contribution in [3.63, 3.8) is 0 Å². The average Bonchev–Trinajstić information content (AvgIpc) is 3.03. The zero-order chi connectivity index (χ0) is 12.5. The minimum absolute atomic E-state index is 0.227. The predicted octanol–water partition coefficient (Wildman–Crippen LogP) is 1.97. The first-order valence-corrected chi connectivity index (χ1v) is 5.99. The summed E-state index contributed by atoms with van der Waals surface area (Å²) in [6, 6.07) is 7.81. The predicted molar refractivity (Wildman–Crippen MR) is 66.4 cm³/mol. The number of hydrogen-bond donors (Lipinski definition) is 0. The molecule has 0 spiro atoms. The highest BCUT2D eigenvalue weighted by atomic mass is 16.5. The molecule has 1 aromatic carbocycles. The van der Waals surface area contributed by atoms with E-state index in [4.69, 9.17) is 9.15 Å². The van der Waals surface area contributed by atoms with Gasteiger partial charge in [0.1, 0.15) is 11.6 Å². The van der Waals surface area contributed by atoms with E-state index in [1.807, 2.05) is 29.2 Å². The monoisotopic (exact) mass is 246 g/mol. The molecule has 0 N–H and O–H groups in total. The molecule has 0 unspecified atom stereocenters. The van der Waals surface area contributed by atoms with Gasteiger partial charge in [0.15, 0.2) is 5.58 Å². The van der Waals surface area contributed by atoms with E-state index in [0.717, 1.165) is 30.5 Å². The van der Waals surface area contributed by atoms with E-state index >= 15 is 0 Å². The summed E-state index contributed by atoms with van der Waals surface area (Å²) in [5.74, 6) is -0.227. The van der Waals surface area contributed by atoms with Gasteiger partial charge in [0.2, 0.25) is 0 Å². The number of hydrogen-bond acceptors (Lipinski definition) is 5. The third-order valence-corrected chi connectivity index (χ3v) is 3.25. The van der Waals surface area contributed by atoms with Crippen molar-refractivity contribution in [1.82, 2.24) is 4.98 Å². The quantitative estimate of drug-likeness (QED) is 0.758. The summed E-state index contributed by atoms with van der Waals surface area (Å²) in [6.45, 7) is 0.770. The third-order valence-electron chi connectivity index (χ3n) is 3.25. The Balaban J connectivity index is 1.95. The number of oxazole rings is 1. The van der Waals surface area contributed by atoms with Gasteiger partial charge in [0, 0.05) is 6.54 Å². The van der Waals surface area contributed by atoms with Gasteiger partial charge >= 0.3 is 5.97 Å². The van der Waals surface area contributed by atoms with Crippen LogP contribution in [0.25, 0.3) is 11.1 Å². The number of esters is 1. The average molecular weight is 246 g/mol. The van der Waals surface area contributed by atoms with E-state index in [1.54, 1.807) is 0 Å². The molecule has 0 bridgehead atoms. The van der Waals surface area contributed by atoms with Crippen molar-refractivity contribution in [3.05, 3.63) is 24.3 Å². The van der Waals surface area contributed by atoms with Crippen molar-refractivity contribution < 1.29 is 13.9 Å². The number of benzene rings is 1. The van der Waals surface area contributed by atoms with Gasteiger partial charge in [0.25, 0.3) is 6.01 Å².